The van der Waals surface area contributed by atoms with Crippen molar-refractivity contribution in [3.05, 3.63) is 30.6 Å². The second-order valence-electron chi connectivity index (χ2n) is 13.5. The van der Waals surface area contributed by atoms with Gasteiger partial charge in [-0.05, 0) is 77.0 Å². The number of aryl methyl sites for hydroxylation is 1. The molecule has 2 aromatic heterocycles. The number of nitrogens with one attached hydrogen (secondary N) is 1. The number of ether oxygens (including phenoxy) is 2. The van der Waals surface area contributed by atoms with E-state index in [4.69, 9.17) is 17.3 Å². The fourth-order valence-corrected chi connectivity index (χ4v) is 7.17. The van der Waals surface area contributed by atoms with Crippen molar-refractivity contribution in [1.29, 1.82) is 0 Å². The van der Waals surface area contributed by atoms with Gasteiger partial charge in [0, 0.05) is 37.7 Å². The van der Waals surface area contributed by atoms with Gasteiger partial charge in [0.15, 0.2) is 5.60 Å². The SMILES string of the molecule is [B][C@H]1[C@@H](CC=O)C[C@@H](C)CN[C@H](C)[C@H]2N(CCCCn3cc(-c4ccccn4)nn3)C(=O)O[C@]2(C)[C@@H](CC)OC(=O)[C@H](C)C(=O)[C@@H]1C. The van der Waals surface area contributed by atoms with E-state index in [2.05, 4.69) is 27.5 Å². The van der Waals surface area contributed by atoms with Gasteiger partial charge in [0.25, 0.3) is 0 Å². The first-order valence-electron chi connectivity index (χ1n) is 16.9. The Labute approximate surface area is 279 Å². The summed E-state index contributed by atoms with van der Waals surface area (Å²) in [6, 6.07) is 4.93. The van der Waals surface area contributed by atoms with Gasteiger partial charge < -0.3 is 19.6 Å². The van der Waals surface area contributed by atoms with Crippen molar-refractivity contribution < 1.29 is 28.7 Å². The molecule has 4 heterocycles. The molecule has 0 aliphatic carbocycles. The highest BCUT2D eigenvalue weighted by Crippen LogP contribution is 2.39. The fourth-order valence-electron chi connectivity index (χ4n) is 7.17. The standard InChI is InChI=1S/C34H49BN6O6/c1-7-28-34(6)31(41(33(45)47-34)16-11-10-15-40-20-27(38-39-40)26-12-8-9-14-36-26)24(5)37-19-21(2)18-25(13-17-42)29(35)22(3)30(43)23(4)32(44)46-28/h8-9,12,14,17,20-25,28-29,31,37H,7,10-11,13,15-16,18-19H2,1-6H3/t21-,22-,23-,24-,25+,28-,29-,31-,34-/m1/s1. The fraction of sp³-hybridized carbons (Fsp3) is 0.676. The minimum Gasteiger partial charge on any atom is -0.458 e. The maximum absolute atomic E-state index is 13.5. The molecule has 2 aliphatic rings. The van der Waals surface area contributed by atoms with Crippen molar-refractivity contribution >= 4 is 32.0 Å². The maximum atomic E-state index is 13.5. The van der Waals surface area contributed by atoms with Gasteiger partial charge in [0.2, 0.25) is 0 Å². The Morgan fingerprint density at radius 3 is 2.53 bits per heavy atom. The van der Waals surface area contributed by atoms with E-state index in [1.165, 1.54) is 6.92 Å². The molecule has 2 fully saturated rings. The molecule has 0 saturated carbocycles. The number of aldehydes is 1. The highest BCUT2D eigenvalue weighted by molar-refractivity contribution is 6.15. The van der Waals surface area contributed by atoms with Crippen LogP contribution in [0.1, 0.15) is 73.6 Å². The Morgan fingerprint density at radius 1 is 1.11 bits per heavy atom. The van der Waals surface area contributed by atoms with Crippen LogP contribution in [-0.2, 0) is 30.4 Å². The summed E-state index contributed by atoms with van der Waals surface area (Å²) in [7, 11) is 6.55. The molecule has 2 radical (unpaired) electrons. The second-order valence-corrected chi connectivity index (χ2v) is 13.5. The molecule has 2 aliphatic heterocycles. The zero-order chi connectivity index (χ0) is 34.3. The number of carbonyl (C=O) groups excluding carboxylic acids is 4. The lowest BCUT2D eigenvalue weighted by molar-refractivity contribution is -0.170. The third kappa shape index (κ3) is 8.28. The van der Waals surface area contributed by atoms with Crippen LogP contribution in [0.15, 0.2) is 30.6 Å². The van der Waals surface area contributed by atoms with E-state index in [-0.39, 0.29) is 30.1 Å². The number of pyridine rings is 1. The molecule has 13 heteroatoms. The smallest absolute Gasteiger partial charge is 0.410 e. The first-order valence-corrected chi connectivity index (χ1v) is 16.9. The minimum absolute atomic E-state index is 0.120. The molecule has 1 amide bonds. The monoisotopic (exact) mass is 648 g/mol. The summed E-state index contributed by atoms with van der Waals surface area (Å²) in [5.41, 5.74) is 0.268. The molecule has 0 bridgehead atoms. The Balaban J connectivity index is 1.53. The van der Waals surface area contributed by atoms with Gasteiger partial charge in [-0.3, -0.25) is 24.2 Å². The highest BCUT2D eigenvalue weighted by Gasteiger charge is 2.58. The summed E-state index contributed by atoms with van der Waals surface area (Å²) in [4.78, 5) is 58.0. The van der Waals surface area contributed by atoms with E-state index >= 15 is 0 Å². The number of hydrogen-bond acceptors (Lipinski definition) is 10. The van der Waals surface area contributed by atoms with Crippen molar-refractivity contribution in [2.75, 3.05) is 13.1 Å². The number of rotatable bonds is 9. The van der Waals surface area contributed by atoms with Crippen molar-refractivity contribution in [2.24, 2.45) is 23.7 Å². The van der Waals surface area contributed by atoms with Gasteiger partial charge in [0.05, 0.1) is 25.8 Å². The van der Waals surface area contributed by atoms with Crippen molar-refractivity contribution in [3.63, 3.8) is 0 Å². The van der Waals surface area contributed by atoms with Crippen LogP contribution in [0.25, 0.3) is 11.4 Å². The highest BCUT2D eigenvalue weighted by atomic mass is 16.6. The van der Waals surface area contributed by atoms with E-state index in [1.807, 2.05) is 45.2 Å². The predicted molar refractivity (Wildman–Crippen MR) is 176 cm³/mol. The molecular formula is C34H49BN6O6. The first kappa shape index (κ1) is 36.2. The quantitative estimate of drug-likeness (QED) is 0.139. The largest absolute Gasteiger partial charge is 0.458 e. The number of carbonyl (C=O) groups is 4. The van der Waals surface area contributed by atoms with Crippen LogP contribution in [0.5, 0.6) is 0 Å². The minimum atomic E-state index is -1.17. The van der Waals surface area contributed by atoms with Gasteiger partial charge in [0.1, 0.15) is 29.8 Å². The molecule has 0 aromatic carbocycles. The second kappa shape index (κ2) is 16.0. The first-order chi connectivity index (χ1) is 22.4. The Kier molecular flexibility index (Phi) is 12.3. The average molecular weight is 649 g/mol. The Hall–Kier alpha value is -3.61. The number of unbranched alkanes of at least 4 members (excludes halogenated alkanes) is 1. The molecule has 12 nitrogen and oxygen atoms in total. The van der Waals surface area contributed by atoms with Crippen LogP contribution in [0.4, 0.5) is 4.79 Å². The number of aromatic nitrogens is 4. The van der Waals surface area contributed by atoms with Crippen LogP contribution < -0.4 is 5.32 Å². The number of Topliss-reactive ketones (excluding diaryl/α,β-unsaturated/α-hetero) is 1. The number of esters is 1. The molecule has 4 rings (SSSR count). The van der Waals surface area contributed by atoms with Crippen LogP contribution in [-0.4, -0.2) is 93.7 Å². The molecule has 2 saturated heterocycles. The van der Waals surface area contributed by atoms with E-state index in [1.54, 1.807) is 22.7 Å². The third-order valence-corrected chi connectivity index (χ3v) is 9.95. The number of nitrogens with zero attached hydrogens (tertiary/aromatic N) is 5. The lowest BCUT2D eigenvalue weighted by atomic mass is 9.63. The van der Waals surface area contributed by atoms with Crippen molar-refractivity contribution in [2.45, 2.75) is 110 Å². The summed E-state index contributed by atoms with van der Waals surface area (Å²) in [5, 5.41) is 12.1. The molecule has 0 unspecified atom stereocenters. The molecule has 254 valence electrons. The Bertz CT molecular complexity index is 1380. The zero-order valence-corrected chi connectivity index (χ0v) is 28.5. The predicted octanol–water partition coefficient (Wildman–Crippen LogP) is 4.04. The molecule has 2 aromatic rings. The van der Waals surface area contributed by atoms with Crippen LogP contribution in [0.3, 0.4) is 0 Å². The third-order valence-electron chi connectivity index (χ3n) is 9.95. The van der Waals surface area contributed by atoms with Gasteiger partial charge in [-0.1, -0.05) is 37.9 Å². The van der Waals surface area contributed by atoms with E-state index in [0.29, 0.717) is 44.6 Å². The van der Waals surface area contributed by atoms with Crippen molar-refractivity contribution in [3.8, 4) is 11.4 Å². The van der Waals surface area contributed by atoms with Gasteiger partial charge >= 0.3 is 12.1 Å². The summed E-state index contributed by atoms with van der Waals surface area (Å²) in [5.74, 6) is -3.40. The maximum Gasteiger partial charge on any atom is 0.410 e. The Morgan fingerprint density at radius 2 is 1.85 bits per heavy atom. The van der Waals surface area contributed by atoms with Gasteiger partial charge in [-0.15, -0.1) is 5.10 Å². The number of ketones is 1. The number of cyclic esters (lactones) is 1. The topological polar surface area (TPSA) is 146 Å². The number of hydrogen-bond donors (Lipinski definition) is 1. The lowest BCUT2D eigenvalue weighted by Gasteiger charge is -2.40. The molecule has 47 heavy (non-hydrogen) atoms. The molecular weight excluding hydrogens is 599 g/mol. The lowest BCUT2D eigenvalue weighted by Crippen LogP contribution is -2.60. The van der Waals surface area contributed by atoms with Crippen LogP contribution in [0, 0.1) is 23.7 Å². The van der Waals surface area contributed by atoms with Crippen LogP contribution in [0.2, 0.25) is 5.82 Å². The number of fused-ring (bicyclic) bond motifs is 1. The van der Waals surface area contributed by atoms with Crippen molar-refractivity contribution in [1.82, 2.24) is 30.2 Å². The van der Waals surface area contributed by atoms with E-state index in [0.717, 1.165) is 18.4 Å². The molecule has 1 N–H and O–H groups in total. The zero-order valence-electron chi connectivity index (χ0n) is 28.5. The normalized spacial score (nSPS) is 32.6. The summed E-state index contributed by atoms with van der Waals surface area (Å²) in [6.45, 7) is 12.7. The average Bonchev–Trinajstić information content (AvgIpc) is 3.64. The summed E-state index contributed by atoms with van der Waals surface area (Å²) < 4.78 is 13.9. The van der Waals surface area contributed by atoms with E-state index < -0.39 is 47.5 Å². The summed E-state index contributed by atoms with van der Waals surface area (Å²) in [6.07, 6.45) is 5.80. The van der Waals surface area contributed by atoms with Gasteiger partial charge in [-0.25, -0.2) is 4.79 Å². The molecule has 0 spiro atoms. The summed E-state index contributed by atoms with van der Waals surface area (Å²) >= 11 is 0. The van der Waals surface area contributed by atoms with Crippen LogP contribution >= 0.6 is 0 Å². The molecule has 9 atom stereocenters. The number of amides is 1. The van der Waals surface area contributed by atoms with E-state index in [9.17, 15) is 19.2 Å². The van der Waals surface area contributed by atoms with Gasteiger partial charge in [-0.2, -0.15) is 0 Å².